The highest BCUT2D eigenvalue weighted by atomic mass is 16.5. The standard InChI is InChI=1S/C16H20N2O4/c1-16(2)9-22-12-6-5-10(8-11(12)18-15(16)20)17-14(19)13-4-3-7-21-13/h5-6,8,13H,3-4,7,9H2,1-2H3,(H,17,19)(H,18,20). The molecule has 0 aliphatic carbocycles. The number of anilines is 2. The molecule has 0 saturated carbocycles. The van der Waals surface area contributed by atoms with Gasteiger partial charge in [0, 0.05) is 12.3 Å². The number of carbonyl (C=O) groups excluding carboxylic acids is 2. The third kappa shape index (κ3) is 2.92. The minimum Gasteiger partial charge on any atom is -0.490 e. The predicted molar refractivity (Wildman–Crippen MR) is 82.0 cm³/mol. The summed E-state index contributed by atoms with van der Waals surface area (Å²) in [4.78, 5) is 24.2. The topological polar surface area (TPSA) is 76.7 Å². The molecule has 0 spiro atoms. The maximum absolute atomic E-state index is 12.1. The largest absolute Gasteiger partial charge is 0.490 e. The van der Waals surface area contributed by atoms with Gasteiger partial charge in [-0.15, -0.1) is 0 Å². The van der Waals surface area contributed by atoms with Crippen molar-refractivity contribution in [3.05, 3.63) is 18.2 Å². The number of fused-ring (bicyclic) bond motifs is 1. The van der Waals surface area contributed by atoms with Gasteiger partial charge in [0.15, 0.2) is 0 Å². The summed E-state index contributed by atoms with van der Waals surface area (Å²) in [7, 11) is 0. The Labute approximate surface area is 129 Å². The highest BCUT2D eigenvalue weighted by molar-refractivity contribution is 5.99. The fourth-order valence-corrected chi connectivity index (χ4v) is 2.45. The Morgan fingerprint density at radius 2 is 2.23 bits per heavy atom. The lowest BCUT2D eigenvalue weighted by Crippen LogP contribution is -2.33. The van der Waals surface area contributed by atoms with Crippen LogP contribution in [0.5, 0.6) is 5.75 Å². The molecule has 2 aliphatic heterocycles. The van der Waals surface area contributed by atoms with E-state index >= 15 is 0 Å². The summed E-state index contributed by atoms with van der Waals surface area (Å²) >= 11 is 0. The molecule has 2 aliphatic rings. The maximum Gasteiger partial charge on any atom is 0.253 e. The summed E-state index contributed by atoms with van der Waals surface area (Å²) in [5, 5.41) is 5.67. The fraction of sp³-hybridized carbons (Fsp3) is 0.500. The molecule has 22 heavy (non-hydrogen) atoms. The summed E-state index contributed by atoms with van der Waals surface area (Å²) in [6.07, 6.45) is 1.26. The zero-order chi connectivity index (χ0) is 15.7. The van der Waals surface area contributed by atoms with E-state index in [2.05, 4.69) is 10.6 Å². The number of hydrogen-bond acceptors (Lipinski definition) is 4. The summed E-state index contributed by atoms with van der Waals surface area (Å²) in [5.74, 6) is 0.349. The Bertz CT molecular complexity index is 606. The van der Waals surface area contributed by atoms with E-state index in [1.807, 2.05) is 13.8 Å². The average molecular weight is 304 g/mol. The Morgan fingerprint density at radius 1 is 1.41 bits per heavy atom. The molecule has 1 fully saturated rings. The van der Waals surface area contributed by atoms with E-state index in [9.17, 15) is 9.59 Å². The molecule has 2 amide bonds. The van der Waals surface area contributed by atoms with Crippen molar-refractivity contribution in [2.45, 2.75) is 32.8 Å². The van der Waals surface area contributed by atoms with E-state index < -0.39 is 5.41 Å². The average Bonchev–Trinajstić information content (AvgIpc) is 2.97. The second kappa shape index (κ2) is 5.61. The van der Waals surface area contributed by atoms with Gasteiger partial charge in [0.2, 0.25) is 5.91 Å². The third-order valence-electron chi connectivity index (χ3n) is 3.92. The molecule has 6 heteroatoms. The normalized spacial score (nSPS) is 23.0. The molecule has 2 heterocycles. The third-order valence-corrected chi connectivity index (χ3v) is 3.92. The van der Waals surface area contributed by atoms with Crippen LogP contribution in [0.25, 0.3) is 0 Å². The number of hydrogen-bond donors (Lipinski definition) is 2. The second-order valence-electron chi connectivity index (χ2n) is 6.33. The first kappa shape index (κ1) is 14.8. The summed E-state index contributed by atoms with van der Waals surface area (Å²) in [6, 6.07) is 5.22. The lowest BCUT2D eigenvalue weighted by atomic mass is 9.94. The first-order chi connectivity index (χ1) is 10.5. The molecule has 6 nitrogen and oxygen atoms in total. The molecule has 0 bridgehead atoms. The van der Waals surface area contributed by atoms with Crippen molar-refractivity contribution >= 4 is 23.2 Å². The fourth-order valence-electron chi connectivity index (χ4n) is 2.45. The van der Waals surface area contributed by atoms with Crippen LogP contribution in [0, 0.1) is 5.41 Å². The predicted octanol–water partition coefficient (Wildman–Crippen LogP) is 2.16. The van der Waals surface area contributed by atoms with Crippen molar-refractivity contribution in [2.75, 3.05) is 23.8 Å². The van der Waals surface area contributed by atoms with Crippen molar-refractivity contribution in [1.29, 1.82) is 0 Å². The highest BCUT2D eigenvalue weighted by Gasteiger charge is 2.32. The summed E-state index contributed by atoms with van der Waals surface area (Å²) in [6.45, 7) is 4.59. The smallest absolute Gasteiger partial charge is 0.253 e. The molecule has 1 atom stereocenters. The number of benzene rings is 1. The molecular formula is C16H20N2O4. The van der Waals surface area contributed by atoms with Crippen molar-refractivity contribution in [1.82, 2.24) is 0 Å². The van der Waals surface area contributed by atoms with Crippen LogP contribution in [0.2, 0.25) is 0 Å². The van der Waals surface area contributed by atoms with E-state index in [0.717, 1.165) is 12.8 Å². The molecule has 1 saturated heterocycles. The van der Waals surface area contributed by atoms with Gasteiger partial charge in [0.05, 0.1) is 11.1 Å². The van der Waals surface area contributed by atoms with Crippen LogP contribution in [0.3, 0.4) is 0 Å². The Balaban J connectivity index is 1.76. The number of amides is 2. The number of rotatable bonds is 2. The zero-order valence-corrected chi connectivity index (χ0v) is 12.8. The van der Waals surface area contributed by atoms with Crippen molar-refractivity contribution in [2.24, 2.45) is 5.41 Å². The van der Waals surface area contributed by atoms with Crippen LogP contribution in [0.1, 0.15) is 26.7 Å². The molecular weight excluding hydrogens is 284 g/mol. The van der Waals surface area contributed by atoms with Gasteiger partial charge in [-0.25, -0.2) is 0 Å². The van der Waals surface area contributed by atoms with Crippen LogP contribution in [0.4, 0.5) is 11.4 Å². The van der Waals surface area contributed by atoms with Crippen molar-refractivity contribution in [3.8, 4) is 5.75 Å². The Morgan fingerprint density at radius 3 is 2.95 bits per heavy atom. The van der Waals surface area contributed by atoms with Gasteiger partial charge >= 0.3 is 0 Å². The van der Waals surface area contributed by atoms with Crippen molar-refractivity contribution in [3.63, 3.8) is 0 Å². The number of nitrogens with one attached hydrogen (secondary N) is 2. The van der Waals surface area contributed by atoms with Gasteiger partial charge < -0.3 is 20.1 Å². The second-order valence-corrected chi connectivity index (χ2v) is 6.33. The lowest BCUT2D eigenvalue weighted by Gasteiger charge is -2.18. The molecule has 0 radical (unpaired) electrons. The number of carbonyl (C=O) groups is 2. The van der Waals surface area contributed by atoms with E-state index in [1.54, 1.807) is 18.2 Å². The van der Waals surface area contributed by atoms with Crippen LogP contribution in [0.15, 0.2) is 18.2 Å². The van der Waals surface area contributed by atoms with Crippen LogP contribution in [-0.4, -0.2) is 31.1 Å². The van der Waals surface area contributed by atoms with Gasteiger partial charge in [-0.3, -0.25) is 9.59 Å². The van der Waals surface area contributed by atoms with Crippen LogP contribution < -0.4 is 15.4 Å². The maximum atomic E-state index is 12.1. The summed E-state index contributed by atoms with van der Waals surface area (Å²) < 4.78 is 11.0. The quantitative estimate of drug-likeness (QED) is 0.878. The van der Waals surface area contributed by atoms with Gasteiger partial charge in [0.25, 0.3) is 5.91 Å². The molecule has 1 aromatic carbocycles. The van der Waals surface area contributed by atoms with E-state index in [0.29, 0.717) is 30.3 Å². The monoisotopic (exact) mass is 304 g/mol. The minimum atomic E-state index is -0.597. The van der Waals surface area contributed by atoms with Crippen LogP contribution >= 0.6 is 0 Å². The van der Waals surface area contributed by atoms with E-state index in [1.165, 1.54) is 0 Å². The Hall–Kier alpha value is -2.08. The molecule has 118 valence electrons. The Kier molecular flexibility index (Phi) is 3.78. The molecule has 2 N–H and O–H groups in total. The summed E-state index contributed by atoms with van der Waals surface area (Å²) in [5.41, 5.74) is 0.587. The van der Waals surface area contributed by atoms with Gasteiger partial charge in [-0.05, 0) is 44.9 Å². The van der Waals surface area contributed by atoms with Gasteiger partial charge in [0.1, 0.15) is 18.5 Å². The van der Waals surface area contributed by atoms with E-state index in [-0.39, 0.29) is 17.9 Å². The van der Waals surface area contributed by atoms with Crippen LogP contribution in [-0.2, 0) is 14.3 Å². The van der Waals surface area contributed by atoms with E-state index in [4.69, 9.17) is 9.47 Å². The SMILES string of the molecule is CC1(C)COc2ccc(NC(=O)C3CCCO3)cc2NC1=O. The lowest BCUT2D eigenvalue weighted by molar-refractivity contribution is -0.125. The minimum absolute atomic E-state index is 0.103. The highest BCUT2D eigenvalue weighted by Crippen LogP contribution is 2.34. The number of ether oxygens (including phenoxy) is 2. The molecule has 1 unspecified atom stereocenters. The zero-order valence-electron chi connectivity index (χ0n) is 12.8. The first-order valence-electron chi connectivity index (χ1n) is 7.46. The van der Waals surface area contributed by atoms with Gasteiger partial charge in [-0.2, -0.15) is 0 Å². The van der Waals surface area contributed by atoms with Gasteiger partial charge in [-0.1, -0.05) is 0 Å². The van der Waals surface area contributed by atoms with Crippen molar-refractivity contribution < 1.29 is 19.1 Å². The molecule has 1 aromatic rings. The molecule has 0 aromatic heterocycles. The first-order valence-corrected chi connectivity index (χ1v) is 7.46. The molecule has 3 rings (SSSR count).